The fraction of sp³-hybridized carbons (Fsp3) is 0.375. The first-order chi connectivity index (χ1) is 5.65. The van der Waals surface area contributed by atoms with E-state index in [0.29, 0.717) is 0 Å². The summed E-state index contributed by atoms with van der Waals surface area (Å²) in [6.07, 6.45) is 0. The second kappa shape index (κ2) is 3.69. The topological polar surface area (TPSA) is 57.5 Å². The number of carboxylic acids is 1. The molecular formula is C8H10O3S. The van der Waals surface area contributed by atoms with Gasteiger partial charge in [0, 0.05) is 9.75 Å². The lowest BCUT2D eigenvalue weighted by Crippen LogP contribution is -2.04. The predicted octanol–water partition coefficient (Wildman–Crippen LogP) is 1.43. The molecule has 0 fully saturated rings. The molecule has 2 N–H and O–H groups in total. The smallest absolute Gasteiger partial charge is 0.311 e. The van der Waals surface area contributed by atoms with E-state index in [4.69, 9.17) is 10.2 Å². The normalized spacial score (nSPS) is 12.8. The van der Waals surface area contributed by atoms with Gasteiger partial charge in [-0.05, 0) is 19.1 Å². The molecule has 1 aromatic heterocycles. The van der Waals surface area contributed by atoms with Gasteiger partial charge in [0.1, 0.15) is 0 Å². The second-order valence-electron chi connectivity index (χ2n) is 2.52. The zero-order valence-corrected chi connectivity index (χ0v) is 7.47. The van der Waals surface area contributed by atoms with Gasteiger partial charge in [0.05, 0.1) is 12.5 Å². The molecule has 1 unspecified atom stereocenters. The molecule has 66 valence electrons. The van der Waals surface area contributed by atoms with Crippen molar-refractivity contribution in [2.75, 3.05) is 0 Å². The summed E-state index contributed by atoms with van der Waals surface area (Å²) in [6.45, 7) is 1.62. The lowest BCUT2D eigenvalue weighted by Gasteiger charge is -2.00. The standard InChI is InChI=1S/C8H10O3S/c1-5(8(10)11)7-3-2-6(4-9)12-7/h2-3,5,9H,4H2,1H3,(H,10,11). The van der Waals surface area contributed by atoms with Crippen molar-refractivity contribution >= 4 is 17.3 Å². The molecule has 0 aliphatic heterocycles. The lowest BCUT2D eigenvalue weighted by atomic mass is 10.1. The molecule has 0 bridgehead atoms. The Kier molecular flexibility index (Phi) is 2.83. The summed E-state index contributed by atoms with van der Waals surface area (Å²) in [4.78, 5) is 12.1. The van der Waals surface area contributed by atoms with Gasteiger partial charge in [-0.15, -0.1) is 11.3 Å². The summed E-state index contributed by atoms with van der Waals surface area (Å²) < 4.78 is 0. The van der Waals surface area contributed by atoms with Gasteiger partial charge in [-0.3, -0.25) is 4.79 Å². The molecule has 0 radical (unpaired) electrons. The highest BCUT2D eigenvalue weighted by atomic mass is 32.1. The van der Waals surface area contributed by atoms with Gasteiger partial charge in [-0.1, -0.05) is 0 Å². The minimum absolute atomic E-state index is 0.0169. The molecule has 12 heavy (non-hydrogen) atoms. The van der Waals surface area contributed by atoms with Gasteiger partial charge in [0.2, 0.25) is 0 Å². The van der Waals surface area contributed by atoms with Crippen LogP contribution in [0.5, 0.6) is 0 Å². The highest BCUT2D eigenvalue weighted by Gasteiger charge is 2.15. The summed E-state index contributed by atoms with van der Waals surface area (Å²) in [5, 5.41) is 17.4. The van der Waals surface area contributed by atoms with E-state index in [1.54, 1.807) is 19.1 Å². The predicted molar refractivity (Wildman–Crippen MR) is 46.3 cm³/mol. The maximum absolute atomic E-state index is 10.5. The monoisotopic (exact) mass is 186 g/mol. The Labute approximate surface area is 74.3 Å². The molecule has 0 spiro atoms. The number of aliphatic carboxylic acids is 1. The van der Waals surface area contributed by atoms with Crippen LogP contribution in [0, 0.1) is 0 Å². The van der Waals surface area contributed by atoms with Crippen LogP contribution in [0.25, 0.3) is 0 Å². The van der Waals surface area contributed by atoms with Crippen molar-refractivity contribution in [2.45, 2.75) is 19.4 Å². The summed E-state index contributed by atoms with van der Waals surface area (Å²) in [5.74, 6) is -1.31. The van der Waals surface area contributed by atoms with Crippen LogP contribution in [0.1, 0.15) is 22.6 Å². The Morgan fingerprint density at radius 1 is 1.67 bits per heavy atom. The zero-order chi connectivity index (χ0) is 9.14. The minimum atomic E-state index is -0.832. The number of hydrogen-bond donors (Lipinski definition) is 2. The zero-order valence-electron chi connectivity index (χ0n) is 6.65. The van der Waals surface area contributed by atoms with Crippen LogP contribution in [0.4, 0.5) is 0 Å². The summed E-state index contributed by atoms with van der Waals surface area (Å²) >= 11 is 1.34. The van der Waals surface area contributed by atoms with Crippen molar-refractivity contribution in [3.63, 3.8) is 0 Å². The molecular weight excluding hydrogens is 176 g/mol. The Bertz CT molecular complexity index is 280. The average molecular weight is 186 g/mol. The van der Waals surface area contributed by atoms with Crippen LogP contribution in [0.15, 0.2) is 12.1 Å². The summed E-state index contributed by atoms with van der Waals surface area (Å²) in [7, 11) is 0. The van der Waals surface area contributed by atoms with E-state index in [0.717, 1.165) is 9.75 Å². The minimum Gasteiger partial charge on any atom is -0.481 e. The molecule has 0 amide bonds. The van der Waals surface area contributed by atoms with Gasteiger partial charge in [0.15, 0.2) is 0 Å². The van der Waals surface area contributed by atoms with Crippen LogP contribution >= 0.6 is 11.3 Å². The van der Waals surface area contributed by atoms with E-state index in [-0.39, 0.29) is 6.61 Å². The van der Waals surface area contributed by atoms with Gasteiger partial charge in [0.25, 0.3) is 0 Å². The van der Waals surface area contributed by atoms with Crippen molar-refractivity contribution in [3.8, 4) is 0 Å². The van der Waals surface area contributed by atoms with Crippen LogP contribution in [-0.4, -0.2) is 16.2 Å². The third-order valence-corrected chi connectivity index (χ3v) is 2.89. The Morgan fingerprint density at radius 3 is 2.75 bits per heavy atom. The van der Waals surface area contributed by atoms with Gasteiger partial charge >= 0.3 is 5.97 Å². The highest BCUT2D eigenvalue weighted by molar-refractivity contribution is 7.12. The lowest BCUT2D eigenvalue weighted by molar-refractivity contribution is -0.138. The van der Waals surface area contributed by atoms with Crippen molar-refractivity contribution in [1.29, 1.82) is 0 Å². The van der Waals surface area contributed by atoms with E-state index in [1.807, 2.05) is 0 Å². The molecule has 1 rings (SSSR count). The number of aliphatic hydroxyl groups excluding tert-OH is 1. The number of hydrogen-bond acceptors (Lipinski definition) is 3. The largest absolute Gasteiger partial charge is 0.481 e. The van der Waals surface area contributed by atoms with E-state index in [9.17, 15) is 4.79 Å². The molecule has 0 saturated carbocycles. The first-order valence-corrected chi connectivity index (χ1v) is 4.39. The van der Waals surface area contributed by atoms with Crippen molar-refractivity contribution in [1.82, 2.24) is 0 Å². The molecule has 0 aliphatic rings. The Morgan fingerprint density at radius 2 is 2.33 bits per heavy atom. The van der Waals surface area contributed by atoms with Gasteiger partial charge in [-0.25, -0.2) is 0 Å². The molecule has 1 heterocycles. The third-order valence-electron chi connectivity index (χ3n) is 1.64. The van der Waals surface area contributed by atoms with Crippen molar-refractivity contribution in [2.24, 2.45) is 0 Å². The Balaban J connectivity index is 2.81. The van der Waals surface area contributed by atoms with Crippen LogP contribution in [0.3, 0.4) is 0 Å². The van der Waals surface area contributed by atoms with E-state index < -0.39 is 11.9 Å². The van der Waals surface area contributed by atoms with Crippen LogP contribution in [-0.2, 0) is 11.4 Å². The number of aliphatic hydroxyl groups is 1. The molecule has 1 atom stereocenters. The van der Waals surface area contributed by atoms with Gasteiger partial charge < -0.3 is 10.2 Å². The Hall–Kier alpha value is -0.870. The first-order valence-electron chi connectivity index (χ1n) is 3.57. The second-order valence-corrected chi connectivity index (χ2v) is 3.72. The number of thiophene rings is 1. The third kappa shape index (κ3) is 1.84. The molecule has 0 aliphatic carbocycles. The van der Waals surface area contributed by atoms with E-state index in [1.165, 1.54) is 11.3 Å². The maximum Gasteiger partial charge on any atom is 0.311 e. The molecule has 0 aromatic carbocycles. The quantitative estimate of drug-likeness (QED) is 0.750. The highest BCUT2D eigenvalue weighted by Crippen LogP contribution is 2.24. The van der Waals surface area contributed by atoms with Crippen LogP contribution in [0.2, 0.25) is 0 Å². The molecule has 4 heteroatoms. The average Bonchev–Trinajstić information content (AvgIpc) is 2.50. The van der Waals surface area contributed by atoms with Crippen molar-refractivity contribution in [3.05, 3.63) is 21.9 Å². The SMILES string of the molecule is CC(C(=O)O)c1ccc(CO)s1. The van der Waals surface area contributed by atoms with Gasteiger partial charge in [-0.2, -0.15) is 0 Å². The number of carboxylic acid groups (broad SMARTS) is 1. The van der Waals surface area contributed by atoms with E-state index in [2.05, 4.69) is 0 Å². The fourth-order valence-corrected chi connectivity index (χ4v) is 1.75. The van der Waals surface area contributed by atoms with E-state index >= 15 is 0 Å². The number of rotatable bonds is 3. The first kappa shape index (κ1) is 9.22. The summed E-state index contributed by atoms with van der Waals surface area (Å²) in [5.41, 5.74) is 0. The molecule has 1 aromatic rings. The maximum atomic E-state index is 10.5. The fourth-order valence-electron chi connectivity index (χ4n) is 0.834. The molecule has 3 nitrogen and oxygen atoms in total. The molecule has 0 saturated heterocycles. The van der Waals surface area contributed by atoms with Crippen molar-refractivity contribution < 1.29 is 15.0 Å². The number of carbonyl (C=O) groups is 1. The summed E-state index contributed by atoms with van der Waals surface area (Å²) in [6, 6.07) is 3.49. The van der Waals surface area contributed by atoms with Crippen LogP contribution < -0.4 is 0 Å².